The lowest BCUT2D eigenvalue weighted by Crippen LogP contribution is -2.39. The number of thiophene rings is 1. The molecule has 0 bridgehead atoms. The smallest absolute Gasteiger partial charge is 0.261 e. The summed E-state index contributed by atoms with van der Waals surface area (Å²) in [6.45, 7) is 2.01. The molecule has 0 unspecified atom stereocenters. The van der Waals surface area contributed by atoms with Gasteiger partial charge in [0.05, 0.1) is 4.88 Å². The first-order valence-electron chi connectivity index (χ1n) is 7.64. The molecule has 0 atom stereocenters. The molecule has 2 aromatic rings. The standard InChI is InChI=1S/C17H20N2O2S/c1-12-4-9-16(18-11-12)21-14-7-5-13(6-8-14)19-17(20)15-3-2-10-22-15/h2-4,9-11,13-14H,5-8H2,1H3,(H,19,20). The molecule has 2 heterocycles. The number of hydrogen-bond acceptors (Lipinski definition) is 4. The number of amides is 1. The van der Waals surface area contributed by atoms with Crippen LogP contribution in [0.2, 0.25) is 0 Å². The molecule has 0 saturated heterocycles. The van der Waals surface area contributed by atoms with Crippen molar-refractivity contribution in [3.8, 4) is 5.88 Å². The third kappa shape index (κ3) is 3.85. The number of hydrogen-bond donors (Lipinski definition) is 1. The van der Waals surface area contributed by atoms with Crippen LogP contribution in [0.25, 0.3) is 0 Å². The Bertz CT molecular complexity index is 602. The van der Waals surface area contributed by atoms with Gasteiger partial charge in [-0.2, -0.15) is 0 Å². The normalized spacial score (nSPS) is 21.3. The van der Waals surface area contributed by atoms with Crippen LogP contribution in [0.5, 0.6) is 5.88 Å². The summed E-state index contributed by atoms with van der Waals surface area (Å²) in [6.07, 6.45) is 5.82. The van der Waals surface area contributed by atoms with Crippen molar-refractivity contribution in [3.05, 3.63) is 46.3 Å². The van der Waals surface area contributed by atoms with Gasteiger partial charge in [0.25, 0.3) is 5.91 Å². The Kier molecular flexibility index (Phi) is 4.73. The van der Waals surface area contributed by atoms with Crippen molar-refractivity contribution >= 4 is 17.2 Å². The van der Waals surface area contributed by atoms with E-state index >= 15 is 0 Å². The van der Waals surface area contributed by atoms with Crippen molar-refractivity contribution in [1.29, 1.82) is 0 Å². The minimum absolute atomic E-state index is 0.0413. The van der Waals surface area contributed by atoms with E-state index in [4.69, 9.17) is 4.74 Å². The van der Waals surface area contributed by atoms with Gasteiger partial charge >= 0.3 is 0 Å². The van der Waals surface area contributed by atoms with Gasteiger partial charge in [0.2, 0.25) is 5.88 Å². The number of ether oxygens (including phenoxy) is 1. The van der Waals surface area contributed by atoms with Gasteiger partial charge in [-0.05, 0) is 49.6 Å². The second-order valence-corrected chi connectivity index (χ2v) is 6.66. The average molecular weight is 316 g/mol. The highest BCUT2D eigenvalue weighted by Gasteiger charge is 2.24. The van der Waals surface area contributed by atoms with Gasteiger partial charge in [0, 0.05) is 18.3 Å². The monoisotopic (exact) mass is 316 g/mol. The molecule has 1 aliphatic carbocycles. The van der Waals surface area contributed by atoms with Crippen LogP contribution in [-0.4, -0.2) is 23.0 Å². The molecule has 116 valence electrons. The molecule has 1 fully saturated rings. The number of pyridine rings is 1. The molecule has 22 heavy (non-hydrogen) atoms. The van der Waals surface area contributed by atoms with Crippen LogP contribution >= 0.6 is 11.3 Å². The van der Waals surface area contributed by atoms with E-state index < -0.39 is 0 Å². The molecule has 0 aliphatic heterocycles. The first-order valence-corrected chi connectivity index (χ1v) is 8.52. The molecule has 2 aromatic heterocycles. The van der Waals surface area contributed by atoms with Crippen LogP contribution in [0.15, 0.2) is 35.8 Å². The van der Waals surface area contributed by atoms with Gasteiger partial charge in [-0.3, -0.25) is 4.79 Å². The molecule has 1 N–H and O–H groups in total. The van der Waals surface area contributed by atoms with Gasteiger partial charge in [0.1, 0.15) is 6.10 Å². The summed E-state index contributed by atoms with van der Waals surface area (Å²) in [5, 5.41) is 5.04. The molecular weight excluding hydrogens is 296 g/mol. The first-order chi connectivity index (χ1) is 10.7. The Labute approximate surface area is 134 Å². The highest BCUT2D eigenvalue weighted by Crippen LogP contribution is 2.23. The van der Waals surface area contributed by atoms with E-state index in [0.29, 0.717) is 5.88 Å². The lowest BCUT2D eigenvalue weighted by atomic mass is 9.93. The van der Waals surface area contributed by atoms with Crippen LogP contribution in [0.3, 0.4) is 0 Å². The molecule has 1 amide bonds. The van der Waals surface area contributed by atoms with Crippen molar-refractivity contribution in [3.63, 3.8) is 0 Å². The molecular formula is C17H20N2O2S. The van der Waals surface area contributed by atoms with E-state index in [0.717, 1.165) is 36.1 Å². The second kappa shape index (κ2) is 6.92. The quantitative estimate of drug-likeness (QED) is 0.938. The zero-order chi connectivity index (χ0) is 15.4. The lowest BCUT2D eigenvalue weighted by molar-refractivity contribution is 0.0894. The summed E-state index contributed by atoms with van der Waals surface area (Å²) < 4.78 is 5.91. The number of nitrogens with one attached hydrogen (secondary N) is 1. The minimum Gasteiger partial charge on any atom is -0.474 e. The second-order valence-electron chi connectivity index (χ2n) is 5.72. The summed E-state index contributed by atoms with van der Waals surface area (Å²) in [5.41, 5.74) is 1.13. The third-order valence-corrected chi connectivity index (χ3v) is 4.79. The fourth-order valence-corrected chi connectivity index (χ4v) is 3.31. The van der Waals surface area contributed by atoms with Crippen molar-refractivity contribution in [2.45, 2.75) is 44.8 Å². The molecule has 1 aliphatic rings. The summed E-state index contributed by atoms with van der Waals surface area (Å²) in [4.78, 5) is 17.1. The summed E-state index contributed by atoms with van der Waals surface area (Å²) in [6, 6.07) is 7.94. The highest BCUT2D eigenvalue weighted by molar-refractivity contribution is 7.12. The summed E-state index contributed by atoms with van der Waals surface area (Å²) in [5.74, 6) is 0.733. The van der Waals surface area contributed by atoms with Gasteiger partial charge in [0.15, 0.2) is 0 Å². The maximum Gasteiger partial charge on any atom is 0.261 e. The Morgan fingerprint density at radius 2 is 2.09 bits per heavy atom. The molecule has 0 spiro atoms. The van der Waals surface area contributed by atoms with Crippen molar-refractivity contribution in [2.75, 3.05) is 0 Å². The number of carbonyl (C=O) groups excluding carboxylic acids is 1. The highest BCUT2D eigenvalue weighted by atomic mass is 32.1. The fraction of sp³-hybridized carbons (Fsp3) is 0.412. The van der Waals surface area contributed by atoms with Gasteiger partial charge in [-0.15, -0.1) is 11.3 Å². The van der Waals surface area contributed by atoms with E-state index in [2.05, 4.69) is 10.3 Å². The minimum atomic E-state index is 0.0413. The van der Waals surface area contributed by atoms with Gasteiger partial charge in [-0.1, -0.05) is 12.1 Å². The van der Waals surface area contributed by atoms with E-state index in [9.17, 15) is 4.79 Å². The fourth-order valence-electron chi connectivity index (χ4n) is 2.68. The maximum atomic E-state index is 12.0. The van der Waals surface area contributed by atoms with Crippen molar-refractivity contribution < 1.29 is 9.53 Å². The summed E-state index contributed by atoms with van der Waals surface area (Å²) in [7, 11) is 0. The van der Waals surface area contributed by atoms with E-state index in [1.54, 1.807) is 0 Å². The number of aryl methyl sites for hydroxylation is 1. The summed E-state index contributed by atoms with van der Waals surface area (Å²) >= 11 is 1.48. The first kappa shape index (κ1) is 15.0. The van der Waals surface area contributed by atoms with Crippen LogP contribution in [-0.2, 0) is 0 Å². The Balaban J connectivity index is 1.46. The van der Waals surface area contributed by atoms with Gasteiger partial charge < -0.3 is 10.1 Å². The number of nitrogens with zero attached hydrogens (tertiary/aromatic N) is 1. The third-order valence-electron chi connectivity index (χ3n) is 3.93. The SMILES string of the molecule is Cc1ccc(OC2CCC(NC(=O)c3cccs3)CC2)nc1. The number of carbonyl (C=O) groups is 1. The largest absolute Gasteiger partial charge is 0.474 e. The van der Waals surface area contributed by atoms with Crippen LogP contribution in [0.4, 0.5) is 0 Å². The average Bonchev–Trinajstić information content (AvgIpc) is 3.06. The molecule has 1 saturated carbocycles. The molecule has 5 heteroatoms. The predicted octanol–water partition coefficient (Wildman–Crippen LogP) is 3.57. The zero-order valence-corrected chi connectivity index (χ0v) is 13.4. The van der Waals surface area contributed by atoms with Crippen molar-refractivity contribution in [1.82, 2.24) is 10.3 Å². The number of aromatic nitrogens is 1. The number of rotatable bonds is 4. The van der Waals surface area contributed by atoms with Crippen LogP contribution in [0, 0.1) is 6.92 Å². The molecule has 4 nitrogen and oxygen atoms in total. The van der Waals surface area contributed by atoms with E-state index in [1.165, 1.54) is 11.3 Å². The van der Waals surface area contributed by atoms with E-state index in [-0.39, 0.29) is 18.1 Å². The Hall–Kier alpha value is -1.88. The zero-order valence-electron chi connectivity index (χ0n) is 12.6. The molecule has 0 aromatic carbocycles. The lowest BCUT2D eigenvalue weighted by Gasteiger charge is -2.29. The van der Waals surface area contributed by atoms with Crippen molar-refractivity contribution in [2.24, 2.45) is 0 Å². The molecule has 0 radical (unpaired) electrons. The van der Waals surface area contributed by atoms with Crippen LogP contribution in [0.1, 0.15) is 40.9 Å². The maximum absolute atomic E-state index is 12.0. The topological polar surface area (TPSA) is 51.2 Å². The van der Waals surface area contributed by atoms with Crippen LogP contribution < -0.4 is 10.1 Å². The van der Waals surface area contributed by atoms with Gasteiger partial charge in [-0.25, -0.2) is 4.98 Å². The Morgan fingerprint density at radius 1 is 1.27 bits per heavy atom. The van der Waals surface area contributed by atoms with E-state index in [1.807, 2.05) is 42.8 Å². The Morgan fingerprint density at radius 3 is 2.73 bits per heavy atom. The molecule has 3 rings (SSSR count). The predicted molar refractivity (Wildman–Crippen MR) is 87.4 cm³/mol.